The van der Waals surface area contributed by atoms with E-state index in [-0.39, 0.29) is 23.2 Å². The number of alkyl halides is 3. The molecule has 0 radical (unpaired) electrons. The predicted octanol–water partition coefficient (Wildman–Crippen LogP) is 6.73. The van der Waals surface area contributed by atoms with Crippen molar-refractivity contribution < 1.29 is 31.2 Å². The van der Waals surface area contributed by atoms with Gasteiger partial charge >= 0.3 is 6.18 Å². The van der Waals surface area contributed by atoms with Gasteiger partial charge in [0.15, 0.2) is 0 Å². The maximum atomic E-state index is 14.0. The van der Waals surface area contributed by atoms with Gasteiger partial charge in [-0.3, -0.25) is 13.9 Å². The summed E-state index contributed by atoms with van der Waals surface area (Å²) in [6.07, 6.45) is -0.0515. The lowest BCUT2D eigenvalue weighted by Crippen LogP contribution is -2.53. The summed E-state index contributed by atoms with van der Waals surface area (Å²) < 4.78 is 69.4. The van der Waals surface area contributed by atoms with E-state index in [1.54, 1.807) is 50.2 Å². The molecule has 1 atom stereocenters. The van der Waals surface area contributed by atoms with Crippen LogP contribution in [0.15, 0.2) is 77.7 Å². The van der Waals surface area contributed by atoms with E-state index in [9.17, 15) is 31.2 Å². The molecular weight excluding hydrogens is 615 g/mol. The highest BCUT2D eigenvalue weighted by atomic mass is 35.5. The Bertz CT molecular complexity index is 1560. The van der Waals surface area contributed by atoms with Crippen LogP contribution in [0, 0.1) is 6.92 Å². The number of aryl methyl sites for hydroxylation is 1. The third-order valence-electron chi connectivity index (χ3n) is 7.73. The third kappa shape index (κ3) is 8.32. The molecule has 2 amide bonds. The van der Waals surface area contributed by atoms with E-state index < -0.39 is 46.2 Å². The minimum absolute atomic E-state index is 0.0327. The van der Waals surface area contributed by atoms with Gasteiger partial charge in [-0.2, -0.15) is 13.2 Å². The largest absolute Gasteiger partial charge is 0.416 e. The first-order valence-corrected chi connectivity index (χ1v) is 16.2. The molecule has 12 heteroatoms. The second kappa shape index (κ2) is 14.0. The summed E-state index contributed by atoms with van der Waals surface area (Å²) in [5, 5.41) is 3.48. The molecule has 0 heterocycles. The topological polar surface area (TPSA) is 86.8 Å². The van der Waals surface area contributed by atoms with Crippen LogP contribution in [-0.2, 0) is 32.3 Å². The molecule has 0 spiro atoms. The number of amides is 2. The second-order valence-corrected chi connectivity index (χ2v) is 13.3. The molecule has 3 aromatic rings. The number of anilines is 1. The monoisotopic (exact) mass is 649 g/mol. The Labute approximate surface area is 261 Å². The van der Waals surface area contributed by atoms with Crippen molar-refractivity contribution in [2.75, 3.05) is 10.8 Å². The van der Waals surface area contributed by atoms with E-state index in [1.807, 2.05) is 0 Å². The van der Waals surface area contributed by atoms with Crippen molar-refractivity contribution in [3.05, 3.63) is 94.5 Å². The molecule has 1 saturated carbocycles. The van der Waals surface area contributed by atoms with Crippen LogP contribution in [0.4, 0.5) is 18.9 Å². The van der Waals surface area contributed by atoms with E-state index in [2.05, 4.69) is 5.32 Å². The molecule has 236 valence electrons. The summed E-state index contributed by atoms with van der Waals surface area (Å²) in [4.78, 5) is 28.5. The van der Waals surface area contributed by atoms with Gasteiger partial charge in [0.1, 0.15) is 12.6 Å². The predicted molar refractivity (Wildman–Crippen MR) is 164 cm³/mol. The highest BCUT2D eigenvalue weighted by molar-refractivity contribution is 7.92. The molecule has 7 nitrogen and oxygen atoms in total. The maximum Gasteiger partial charge on any atom is 0.416 e. The van der Waals surface area contributed by atoms with Crippen molar-refractivity contribution in [1.29, 1.82) is 0 Å². The van der Waals surface area contributed by atoms with Crippen LogP contribution in [-0.4, -0.2) is 43.8 Å². The Morgan fingerprint density at radius 3 is 2.23 bits per heavy atom. The van der Waals surface area contributed by atoms with E-state index in [1.165, 1.54) is 23.1 Å². The number of sulfonamides is 1. The Kier molecular flexibility index (Phi) is 10.6. The highest BCUT2D eigenvalue weighted by Crippen LogP contribution is 2.33. The molecule has 1 aliphatic rings. The lowest BCUT2D eigenvalue weighted by Gasteiger charge is -2.33. The number of nitrogens with one attached hydrogen (secondary N) is 1. The molecule has 0 aliphatic heterocycles. The van der Waals surface area contributed by atoms with Gasteiger partial charge in [0.05, 0.1) is 16.1 Å². The quantitative estimate of drug-likeness (QED) is 0.264. The van der Waals surface area contributed by atoms with Gasteiger partial charge in [-0.15, -0.1) is 0 Å². The van der Waals surface area contributed by atoms with E-state index in [0.717, 1.165) is 49.8 Å². The number of carbonyl (C=O) groups excluding carboxylic acids is 2. The zero-order chi connectivity index (χ0) is 32.1. The summed E-state index contributed by atoms with van der Waals surface area (Å²) in [7, 11) is -4.51. The van der Waals surface area contributed by atoms with Gasteiger partial charge in [0.2, 0.25) is 11.8 Å². The zero-order valence-electron chi connectivity index (χ0n) is 24.5. The van der Waals surface area contributed by atoms with Gasteiger partial charge in [-0.25, -0.2) is 8.42 Å². The van der Waals surface area contributed by atoms with E-state index >= 15 is 0 Å². The normalized spacial score (nSPS) is 15.0. The molecule has 1 aliphatic carbocycles. The Hall–Kier alpha value is -3.57. The summed E-state index contributed by atoms with van der Waals surface area (Å²) >= 11 is 6.03. The number of carbonyl (C=O) groups is 2. The van der Waals surface area contributed by atoms with Crippen LogP contribution in [0.1, 0.15) is 55.7 Å². The van der Waals surface area contributed by atoms with Crippen molar-refractivity contribution in [1.82, 2.24) is 10.2 Å². The molecule has 44 heavy (non-hydrogen) atoms. The minimum Gasteiger partial charge on any atom is -0.352 e. The van der Waals surface area contributed by atoms with Crippen molar-refractivity contribution in [2.45, 2.75) is 75.7 Å². The van der Waals surface area contributed by atoms with Crippen LogP contribution >= 0.6 is 11.6 Å². The van der Waals surface area contributed by atoms with Crippen LogP contribution in [0.2, 0.25) is 5.02 Å². The van der Waals surface area contributed by atoms with Crippen LogP contribution < -0.4 is 9.62 Å². The molecule has 1 fully saturated rings. The summed E-state index contributed by atoms with van der Waals surface area (Å²) in [6, 6.07) is 15.2. The van der Waals surface area contributed by atoms with Crippen LogP contribution in [0.25, 0.3) is 0 Å². The molecule has 3 aromatic carbocycles. The number of hydrogen-bond acceptors (Lipinski definition) is 4. The average Bonchev–Trinajstić information content (AvgIpc) is 2.99. The Morgan fingerprint density at radius 2 is 1.61 bits per heavy atom. The molecule has 0 saturated heterocycles. The van der Waals surface area contributed by atoms with Crippen LogP contribution in [0.3, 0.4) is 0 Å². The van der Waals surface area contributed by atoms with Crippen molar-refractivity contribution in [2.24, 2.45) is 0 Å². The van der Waals surface area contributed by atoms with Crippen molar-refractivity contribution in [3.63, 3.8) is 0 Å². The second-order valence-electron chi connectivity index (χ2n) is 11.0. The van der Waals surface area contributed by atoms with Gasteiger partial charge in [-0.05, 0) is 74.7 Å². The number of hydrogen-bond donors (Lipinski definition) is 1. The summed E-state index contributed by atoms with van der Waals surface area (Å²) in [5.41, 5.74) is 0.00831. The standard InChI is InChI=1S/C32H35ClF3N3O4S/c1-22-11-17-29(18-12-22)44(42,43)39(28-10-6-7-25(19-28)32(34,35)36)21-30(40)38(20-24-13-15-26(33)16-14-24)23(2)31(41)37-27-8-4-3-5-9-27/h6-7,10-19,23,27H,3-5,8-9,20-21H2,1-2H3,(H,37,41). The minimum atomic E-state index is -4.74. The number of rotatable bonds is 10. The Balaban J connectivity index is 1.72. The molecule has 0 aromatic heterocycles. The van der Waals surface area contributed by atoms with Crippen molar-refractivity contribution in [3.8, 4) is 0 Å². The van der Waals surface area contributed by atoms with Gasteiger partial charge in [0.25, 0.3) is 10.0 Å². The lowest BCUT2D eigenvalue weighted by molar-refractivity contribution is -0.139. The zero-order valence-corrected chi connectivity index (χ0v) is 26.1. The number of nitrogens with zero attached hydrogens (tertiary/aromatic N) is 2. The molecule has 1 unspecified atom stereocenters. The van der Waals surface area contributed by atoms with Crippen LogP contribution in [0.5, 0.6) is 0 Å². The fraction of sp³-hybridized carbons (Fsp3) is 0.375. The smallest absolute Gasteiger partial charge is 0.352 e. The molecular formula is C32H35ClF3N3O4S. The van der Waals surface area contributed by atoms with E-state index in [4.69, 9.17) is 11.6 Å². The lowest BCUT2D eigenvalue weighted by atomic mass is 9.95. The third-order valence-corrected chi connectivity index (χ3v) is 9.77. The highest BCUT2D eigenvalue weighted by Gasteiger charge is 2.35. The molecule has 4 rings (SSSR count). The summed E-state index contributed by atoms with van der Waals surface area (Å²) in [5.74, 6) is -1.16. The fourth-order valence-electron chi connectivity index (χ4n) is 5.14. The fourth-order valence-corrected chi connectivity index (χ4v) is 6.67. The Morgan fingerprint density at radius 1 is 0.977 bits per heavy atom. The SMILES string of the molecule is Cc1ccc(S(=O)(=O)N(CC(=O)N(Cc2ccc(Cl)cc2)C(C)C(=O)NC2CCCCC2)c2cccc(C(F)(F)F)c2)cc1. The van der Waals surface area contributed by atoms with Gasteiger partial charge in [-0.1, -0.05) is 66.8 Å². The summed E-state index contributed by atoms with van der Waals surface area (Å²) in [6.45, 7) is 2.41. The first-order chi connectivity index (χ1) is 20.8. The average molecular weight is 650 g/mol. The van der Waals surface area contributed by atoms with E-state index in [0.29, 0.717) is 21.0 Å². The first-order valence-electron chi connectivity index (χ1n) is 14.4. The maximum absolute atomic E-state index is 14.0. The van der Waals surface area contributed by atoms with Gasteiger partial charge < -0.3 is 10.2 Å². The van der Waals surface area contributed by atoms with Gasteiger partial charge in [0, 0.05) is 17.6 Å². The molecule has 0 bridgehead atoms. The first kappa shape index (κ1) is 33.3. The molecule has 1 N–H and O–H groups in total. The number of benzene rings is 3. The van der Waals surface area contributed by atoms with Crippen molar-refractivity contribution >= 4 is 39.1 Å². The number of halogens is 4.